The van der Waals surface area contributed by atoms with Gasteiger partial charge in [-0.2, -0.15) is 0 Å². The average molecular weight is 658 g/mol. The van der Waals surface area contributed by atoms with Crippen LogP contribution in [0, 0.1) is 0 Å². The lowest BCUT2D eigenvalue weighted by atomic mass is 9.93. The van der Waals surface area contributed by atoms with Crippen molar-refractivity contribution in [3.8, 4) is 56.4 Å². The van der Waals surface area contributed by atoms with E-state index in [-0.39, 0.29) is 0 Å². The first-order valence-corrected chi connectivity index (χ1v) is 17.4. The number of hydrogen-bond acceptors (Lipinski definition) is 5. The molecule has 4 nitrogen and oxygen atoms in total. The molecule has 0 spiro atoms. The molecule has 0 aliphatic heterocycles. The summed E-state index contributed by atoms with van der Waals surface area (Å²) in [5, 5.41) is 4.75. The minimum atomic E-state index is 0.614. The summed E-state index contributed by atoms with van der Waals surface area (Å²) < 4.78 is 8.89. The van der Waals surface area contributed by atoms with E-state index in [2.05, 4.69) is 91.0 Å². The molecule has 0 bridgehead atoms. The van der Waals surface area contributed by atoms with Crippen LogP contribution in [0.3, 0.4) is 0 Å². The Labute approximate surface area is 292 Å². The van der Waals surface area contributed by atoms with E-state index in [1.54, 1.807) is 0 Å². The van der Waals surface area contributed by atoms with Crippen LogP contribution in [-0.4, -0.2) is 15.0 Å². The van der Waals surface area contributed by atoms with E-state index in [9.17, 15) is 0 Å². The molecular formula is C45H27N3OS. The van der Waals surface area contributed by atoms with E-state index in [1.807, 2.05) is 84.1 Å². The maximum Gasteiger partial charge on any atom is 0.164 e. The van der Waals surface area contributed by atoms with Crippen molar-refractivity contribution in [2.75, 3.05) is 0 Å². The maximum absolute atomic E-state index is 6.34. The number of rotatable bonds is 5. The maximum atomic E-state index is 6.34. The highest BCUT2D eigenvalue weighted by molar-refractivity contribution is 7.26. The van der Waals surface area contributed by atoms with E-state index in [0.717, 1.165) is 55.3 Å². The Balaban J connectivity index is 1.24. The van der Waals surface area contributed by atoms with Crippen molar-refractivity contribution < 1.29 is 4.42 Å². The summed E-state index contributed by atoms with van der Waals surface area (Å²) in [4.78, 5) is 15.3. The normalized spacial score (nSPS) is 11.6. The first kappa shape index (κ1) is 28.6. The van der Waals surface area contributed by atoms with Gasteiger partial charge in [0, 0.05) is 47.6 Å². The highest BCUT2D eigenvalue weighted by atomic mass is 32.1. The predicted octanol–water partition coefficient (Wildman–Crippen LogP) is 12.5. The van der Waals surface area contributed by atoms with E-state index in [0.29, 0.717) is 17.5 Å². The molecule has 10 rings (SSSR count). The van der Waals surface area contributed by atoms with Crippen LogP contribution in [0.15, 0.2) is 168 Å². The van der Waals surface area contributed by atoms with Gasteiger partial charge in [-0.25, -0.2) is 15.0 Å². The number of thiophene rings is 1. The Bertz CT molecular complexity index is 2820. The monoisotopic (exact) mass is 657 g/mol. The molecule has 0 aliphatic rings. The molecule has 0 N–H and O–H groups in total. The zero-order chi connectivity index (χ0) is 33.0. The van der Waals surface area contributed by atoms with Crippen LogP contribution in [0.2, 0.25) is 0 Å². The lowest BCUT2D eigenvalue weighted by Gasteiger charge is -2.14. The van der Waals surface area contributed by atoms with Crippen molar-refractivity contribution in [2.45, 2.75) is 0 Å². The van der Waals surface area contributed by atoms with Gasteiger partial charge in [0.1, 0.15) is 11.2 Å². The van der Waals surface area contributed by atoms with Gasteiger partial charge in [-0.3, -0.25) is 0 Å². The minimum absolute atomic E-state index is 0.614. The molecule has 0 unspecified atom stereocenters. The SMILES string of the molecule is c1ccc(-c2nc(-c3ccccc3)nc(-c3cc(-c4cccc5c4sc4ccccc45)ccc3-c3ccc4c(c3)oc3ccccc34)n2)cc1. The van der Waals surface area contributed by atoms with E-state index in [1.165, 1.54) is 25.7 Å². The van der Waals surface area contributed by atoms with Crippen LogP contribution < -0.4 is 0 Å². The zero-order valence-electron chi connectivity index (χ0n) is 26.7. The van der Waals surface area contributed by atoms with Crippen LogP contribution >= 0.6 is 11.3 Å². The summed E-state index contributed by atoms with van der Waals surface area (Å²) in [6.07, 6.45) is 0. The van der Waals surface area contributed by atoms with E-state index in [4.69, 9.17) is 19.4 Å². The smallest absolute Gasteiger partial charge is 0.164 e. The molecule has 3 heterocycles. The molecule has 50 heavy (non-hydrogen) atoms. The number of aromatic nitrogens is 3. The largest absolute Gasteiger partial charge is 0.456 e. The second kappa shape index (κ2) is 11.6. The minimum Gasteiger partial charge on any atom is -0.456 e. The molecule has 0 radical (unpaired) electrons. The molecule has 0 fully saturated rings. The van der Waals surface area contributed by atoms with Crippen molar-refractivity contribution in [1.29, 1.82) is 0 Å². The number of hydrogen-bond donors (Lipinski definition) is 0. The summed E-state index contributed by atoms with van der Waals surface area (Å²) in [5.41, 5.74) is 8.86. The lowest BCUT2D eigenvalue weighted by Crippen LogP contribution is -2.01. The molecule has 0 saturated heterocycles. The van der Waals surface area contributed by atoms with Gasteiger partial charge >= 0.3 is 0 Å². The van der Waals surface area contributed by atoms with Crippen LogP contribution in [0.25, 0.3) is 98.5 Å². The summed E-state index contributed by atoms with van der Waals surface area (Å²) >= 11 is 1.83. The van der Waals surface area contributed by atoms with Crippen LogP contribution in [-0.2, 0) is 0 Å². The van der Waals surface area contributed by atoms with Gasteiger partial charge in [0.25, 0.3) is 0 Å². The first-order valence-electron chi connectivity index (χ1n) is 16.6. The fourth-order valence-electron chi connectivity index (χ4n) is 6.95. The summed E-state index contributed by atoms with van der Waals surface area (Å²) in [6.45, 7) is 0. The fourth-order valence-corrected chi connectivity index (χ4v) is 8.18. The van der Waals surface area contributed by atoms with E-state index < -0.39 is 0 Å². The Morgan fingerprint density at radius 1 is 0.360 bits per heavy atom. The van der Waals surface area contributed by atoms with Gasteiger partial charge in [-0.05, 0) is 52.6 Å². The van der Waals surface area contributed by atoms with Gasteiger partial charge in [-0.1, -0.05) is 133 Å². The van der Waals surface area contributed by atoms with Crippen molar-refractivity contribution in [3.63, 3.8) is 0 Å². The third-order valence-corrected chi connectivity index (χ3v) is 10.6. The van der Waals surface area contributed by atoms with Gasteiger partial charge in [0.15, 0.2) is 17.5 Å². The van der Waals surface area contributed by atoms with E-state index >= 15 is 0 Å². The molecule has 3 aromatic heterocycles. The standard InChI is InChI=1S/C45H27N3OS/c1-3-12-28(13-4-1)43-46-44(29-14-5-2-6-15-29)48-45(47-43)38-26-30(33-18-11-19-37-36-17-8-10-21-41(36)50-42(33)37)22-24-32(38)31-23-25-35-34-16-7-9-20-39(34)49-40(35)27-31/h1-27H. The molecule has 5 heteroatoms. The van der Waals surface area contributed by atoms with Crippen molar-refractivity contribution >= 4 is 53.4 Å². The van der Waals surface area contributed by atoms with Gasteiger partial charge in [0.05, 0.1) is 0 Å². The van der Waals surface area contributed by atoms with Crippen molar-refractivity contribution in [3.05, 3.63) is 164 Å². The highest BCUT2D eigenvalue weighted by Gasteiger charge is 2.19. The second-order valence-electron chi connectivity index (χ2n) is 12.4. The Morgan fingerprint density at radius 3 is 1.74 bits per heavy atom. The van der Waals surface area contributed by atoms with Crippen molar-refractivity contribution in [2.24, 2.45) is 0 Å². The Morgan fingerprint density at radius 2 is 0.960 bits per heavy atom. The molecule has 0 amide bonds. The number of fused-ring (bicyclic) bond motifs is 6. The Kier molecular flexibility index (Phi) is 6.64. The van der Waals surface area contributed by atoms with Crippen LogP contribution in [0.5, 0.6) is 0 Å². The predicted molar refractivity (Wildman–Crippen MR) is 207 cm³/mol. The number of para-hydroxylation sites is 1. The molecule has 234 valence electrons. The third kappa shape index (κ3) is 4.79. The van der Waals surface area contributed by atoms with Gasteiger partial charge < -0.3 is 4.42 Å². The second-order valence-corrected chi connectivity index (χ2v) is 13.4. The Hall–Kier alpha value is -6.43. The summed E-state index contributed by atoms with van der Waals surface area (Å²) in [6, 6.07) is 56.8. The van der Waals surface area contributed by atoms with Gasteiger partial charge in [-0.15, -0.1) is 11.3 Å². The summed E-state index contributed by atoms with van der Waals surface area (Å²) in [5.74, 6) is 1.87. The number of benzene rings is 7. The molecule has 10 aromatic rings. The fraction of sp³-hybridized carbons (Fsp3) is 0. The topological polar surface area (TPSA) is 51.8 Å². The molecular weight excluding hydrogens is 631 g/mol. The van der Waals surface area contributed by atoms with Crippen molar-refractivity contribution in [1.82, 2.24) is 15.0 Å². The number of furan rings is 1. The molecule has 0 saturated carbocycles. The lowest BCUT2D eigenvalue weighted by molar-refractivity contribution is 0.669. The van der Waals surface area contributed by atoms with Gasteiger partial charge in [0.2, 0.25) is 0 Å². The van der Waals surface area contributed by atoms with Crippen LogP contribution in [0.4, 0.5) is 0 Å². The first-order chi connectivity index (χ1) is 24.8. The summed E-state index contributed by atoms with van der Waals surface area (Å²) in [7, 11) is 0. The third-order valence-electron chi connectivity index (χ3n) is 9.36. The zero-order valence-corrected chi connectivity index (χ0v) is 27.6. The quantitative estimate of drug-likeness (QED) is 0.185. The molecule has 7 aromatic carbocycles. The molecule has 0 aliphatic carbocycles. The molecule has 0 atom stereocenters. The average Bonchev–Trinajstić information content (AvgIpc) is 3.76. The number of nitrogens with zero attached hydrogens (tertiary/aromatic N) is 3. The van der Waals surface area contributed by atoms with Crippen LogP contribution in [0.1, 0.15) is 0 Å². The highest BCUT2D eigenvalue weighted by Crippen LogP contribution is 2.43.